The van der Waals surface area contributed by atoms with Crippen molar-refractivity contribution < 1.29 is 0 Å². The molecule has 1 heterocycles. The maximum atomic E-state index is 12.2. The van der Waals surface area contributed by atoms with Crippen molar-refractivity contribution in [1.29, 1.82) is 0 Å². The van der Waals surface area contributed by atoms with Gasteiger partial charge in [0.1, 0.15) is 0 Å². The first-order chi connectivity index (χ1) is 9.24. The highest BCUT2D eigenvalue weighted by atomic mass is 35.5. The van der Waals surface area contributed by atoms with E-state index in [1.54, 1.807) is 17.0 Å². The van der Waals surface area contributed by atoms with E-state index < -0.39 is 0 Å². The zero-order chi connectivity index (χ0) is 13.2. The van der Waals surface area contributed by atoms with Gasteiger partial charge in [-0.3, -0.25) is 4.79 Å². The summed E-state index contributed by atoms with van der Waals surface area (Å²) in [5, 5.41) is 3.52. The number of nitrogens with zero attached hydrogens (tertiary/aromatic N) is 2. The third-order valence-corrected chi connectivity index (χ3v) is 4.48. The molecule has 19 heavy (non-hydrogen) atoms. The molecular weight excluding hydrogens is 262 g/mol. The van der Waals surface area contributed by atoms with Crippen molar-refractivity contribution in [3.63, 3.8) is 0 Å². The Morgan fingerprint density at radius 1 is 1.37 bits per heavy atom. The van der Waals surface area contributed by atoms with Gasteiger partial charge in [0.25, 0.3) is 5.56 Å². The predicted octanol–water partition coefficient (Wildman–Crippen LogP) is 2.79. The molecule has 1 aromatic rings. The van der Waals surface area contributed by atoms with Crippen molar-refractivity contribution >= 4 is 17.4 Å². The Labute approximate surface area is 118 Å². The number of aromatic nitrogens is 2. The van der Waals surface area contributed by atoms with E-state index in [1.165, 1.54) is 12.8 Å². The molecule has 2 aliphatic carbocycles. The molecule has 1 aromatic heterocycles. The van der Waals surface area contributed by atoms with E-state index in [1.807, 2.05) is 0 Å². The highest BCUT2D eigenvalue weighted by Crippen LogP contribution is 2.33. The minimum absolute atomic E-state index is 0.0169. The Kier molecular flexibility index (Phi) is 3.78. The van der Waals surface area contributed by atoms with Crippen LogP contribution in [0.3, 0.4) is 0 Å². The second kappa shape index (κ2) is 5.53. The van der Waals surface area contributed by atoms with Crippen LogP contribution < -0.4 is 10.9 Å². The maximum Gasteiger partial charge on any atom is 0.293 e. The van der Waals surface area contributed by atoms with Crippen LogP contribution in [0.1, 0.15) is 44.6 Å². The van der Waals surface area contributed by atoms with Crippen molar-refractivity contribution in [2.24, 2.45) is 5.92 Å². The van der Waals surface area contributed by atoms with E-state index in [4.69, 9.17) is 11.6 Å². The van der Waals surface area contributed by atoms with Crippen molar-refractivity contribution in [3.8, 4) is 0 Å². The maximum absolute atomic E-state index is 12.2. The molecule has 0 aromatic carbocycles. The minimum Gasteiger partial charge on any atom is -0.365 e. The van der Waals surface area contributed by atoms with Crippen LogP contribution in [0.5, 0.6) is 0 Å². The van der Waals surface area contributed by atoms with Crippen molar-refractivity contribution in [1.82, 2.24) is 9.55 Å². The molecule has 2 unspecified atom stereocenters. The minimum atomic E-state index is 0.0169. The Morgan fingerprint density at radius 2 is 2.21 bits per heavy atom. The highest BCUT2D eigenvalue weighted by Gasteiger charge is 2.25. The van der Waals surface area contributed by atoms with Gasteiger partial charge >= 0.3 is 0 Å². The predicted molar refractivity (Wildman–Crippen MR) is 76.9 cm³/mol. The third-order valence-electron chi connectivity index (χ3n) is 4.09. The number of alkyl halides is 1. The summed E-state index contributed by atoms with van der Waals surface area (Å²) in [6, 6.07) is 0.401. The van der Waals surface area contributed by atoms with Crippen molar-refractivity contribution in [2.45, 2.75) is 49.9 Å². The standard InChI is InChI=1S/C14H20ClN3O/c15-11-3-1-2-10(8-11)9-17-13-14(19)18(7-6-16-13)12-4-5-12/h6-7,10-12H,1-5,8-9H2,(H,16,17). The molecule has 3 rings (SSSR count). The zero-order valence-corrected chi connectivity index (χ0v) is 11.8. The summed E-state index contributed by atoms with van der Waals surface area (Å²) in [4.78, 5) is 16.4. The second-order valence-corrected chi connectivity index (χ2v) is 6.35. The van der Waals surface area contributed by atoms with Gasteiger partial charge in [-0.1, -0.05) is 6.42 Å². The van der Waals surface area contributed by atoms with E-state index >= 15 is 0 Å². The average Bonchev–Trinajstić information content (AvgIpc) is 3.22. The van der Waals surface area contributed by atoms with Gasteiger partial charge in [0.2, 0.25) is 0 Å². The lowest BCUT2D eigenvalue weighted by Crippen LogP contribution is -2.28. The largest absolute Gasteiger partial charge is 0.365 e. The monoisotopic (exact) mass is 281 g/mol. The topological polar surface area (TPSA) is 46.9 Å². The molecule has 4 nitrogen and oxygen atoms in total. The SMILES string of the molecule is O=c1c(NCC2CCCC(Cl)C2)nccn1C1CC1. The molecule has 2 fully saturated rings. The number of rotatable bonds is 4. The van der Waals surface area contributed by atoms with Crippen LogP contribution in [0.15, 0.2) is 17.2 Å². The fourth-order valence-electron chi connectivity index (χ4n) is 2.84. The lowest BCUT2D eigenvalue weighted by Gasteiger charge is -2.25. The summed E-state index contributed by atoms with van der Waals surface area (Å²) < 4.78 is 1.81. The normalized spacial score (nSPS) is 27.2. The van der Waals surface area contributed by atoms with Gasteiger partial charge in [-0.25, -0.2) is 4.98 Å². The first-order valence-corrected chi connectivity index (χ1v) is 7.63. The van der Waals surface area contributed by atoms with E-state index in [0.717, 1.165) is 32.2 Å². The molecule has 2 aliphatic rings. The van der Waals surface area contributed by atoms with E-state index in [9.17, 15) is 4.79 Å². The van der Waals surface area contributed by atoms with Crippen LogP contribution in [-0.4, -0.2) is 21.5 Å². The summed E-state index contributed by atoms with van der Waals surface area (Å²) in [5.74, 6) is 1.05. The first-order valence-electron chi connectivity index (χ1n) is 7.19. The zero-order valence-electron chi connectivity index (χ0n) is 11.0. The fraction of sp³-hybridized carbons (Fsp3) is 0.714. The smallest absolute Gasteiger partial charge is 0.293 e. The van der Waals surface area contributed by atoms with Gasteiger partial charge in [-0.2, -0.15) is 0 Å². The van der Waals surface area contributed by atoms with E-state index in [0.29, 0.717) is 23.2 Å². The van der Waals surface area contributed by atoms with Crippen LogP contribution in [0.2, 0.25) is 0 Å². The van der Waals surface area contributed by atoms with Crippen molar-refractivity contribution in [2.75, 3.05) is 11.9 Å². The van der Waals surface area contributed by atoms with Gasteiger partial charge in [-0.15, -0.1) is 11.6 Å². The quantitative estimate of drug-likeness (QED) is 0.864. The van der Waals surface area contributed by atoms with Crippen LogP contribution in [0, 0.1) is 5.92 Å². The van der Waals surface area contributed by atoms with Gasteiger partial charge in [0, 0.05) is 30.4 Å². The first kappa shape index (κ1) is 13.0. The highest BCUT2D eigenvalue weighted by molar-refractivity contribution is 6.20. The Hall–Kier alpha value is -1.03. The van der Waals surface area contributed by atoms with Crippen LogP contribution in [-0.2, 0) is 0 Å². The van der Waals surface area contributed by atoms with E-state index in [2.05, 4.69) is 10.3 Å². The molecule has 0 radical (unpaired) electrons. The van der Waals surface area contributed by atoms with Crippen LogP contribution >= 0.6 is 11.6 Å². The molecule has 1 N–H and O–H groups in total. The summed E-state index contributed by atoms with van der Waals surface area (Å²) in [7, 11) is 0. The third kappa shape index (κ3) is 3.11. The fourth-order valence-corrected chi connectivity index (χ4v) is 3.24. The molecule has 5 heteroatoms. The number of halogens is 1. The lowest BCUT2D eigenvalue weighted by molar-refractivity contribution is 0.378. The lowest BCUT2D eigenvalue weighted by atomic mass is 9.89. The Morgan fingerprint density at radius 3 is 2.95 bits per heavy atom. The Bertz CT molecular complexity index is 498. The van der Waals surface area contributed by atoms with Crippen LogP contribution in [0.25, 0.3) is 0 Å². The average molecular weight is 282 g/mol. The van der Waals surface area contributed by atoms with Crippen molar-refractivity contribution in [3.05, 3.63) is 22.7 Å². The molecule has 0 bridgehead atoms. The molecule has 0 amide bonds. The summed E-state index contributed by atoms with van der Waals surface area (Å²) in [6.45, 7) is 0.806. The van der Waals surface area contributed by atoms with Gasteiger partial charge in [-0.05, 0) is 38.0 Å². The van der Waals surface area contributed by atoms with Gasteiger partial charge < -0.3 is 9.88 Å². The number of hydrogen-bond donors (Lipinski definition) is 1. The number of hydrogen-bond acceptors (Lipinski definition) is 3. The number of nitrogens with one attached hydrogen (secondary N) is 1. The molecule has 0 aliphatic heterocycles. The second-order valence-electron chi connectivity index (χ2n) is 5.73. The molecule has 2 saturated carbocycles. The molecular formula is C14H20ClN3O. The molecule has 0 saturated heterocycles. The number of anilines is 1. The summed E-state index contributed by atoms with van der Waals surface area (Å²) in [6.07, 6.45) is 10.3. The molecule has 0 spiro atoms. The molecule has 104 valence electrons. The van der Waals surface area contributed by atoms with E-state index in [-0.39, 0.29) is 5.56 Å². The summed E-state index contributed by atoms with van der Waals surface area (Å²) >= 11 is 6.19. The van der Waals surface area contributed by atoms with Gasteiger partial charge in [0.05, 0.1) is 0 Å². The Balaban J connectivity index is 1.63. The van der Waals surface area contributed by atoms with Crippen LogP contribution in [0.4, 0.5) is 5.82 Å². The molecule has 2 atom stereocenters. The summed E-state index contributed by atoms with van der Waals surface area (Å²) in [5.41, 5.74) is 0.0169. The van der Waals surface area contributed by atoms with Gasteiger partial charge in [0.15, 0.2) is 5.82 Å².